The highest BCUT2D eigenvalue weighted by Gasteiger charge is 2.18. The summed E-state index contributed by atoms with van der Waals surface area (Å²) in [7, 11) is 1.58. The van der Waals surface area contributed by atoms with Crippen molar-refractivity contribution in [1.82, 2.24) is 0 Å². The van der Waals surface area contributed by atoms with Crippen LogP contribution in [0.3, 0.4) is 0 Å². The number of rotatable bonds is 6. The lowest BCUT2D eigenvalue weighted by Crippen LogP contribution is -2.13. The van der Waals surface area contributed by atoms with Gasteiger partial charge in [-0.1, -0.05) is 27.5 Å². The van der Waals surface area contributed by atoms with E-state index in [1.165, 1.54) is 0 Å². The maximum Gasteiger partial charge on any atom is 0.179 e. The summed E-state index contributed by atoms with van der Waals surface area (Å²) in [6.45, 7) is 4.18. The van der Waals surface area contributed by atoms with Crippen LogP contribution in [0.25, 0.3) is 0 Å². The molecule has 0 unspecified atom stereocenters. The van der Waals surface area contributed by atoms with Crippen LogP contribution >= 0.6 is 27.5 Å². The van der Waals surface area contributed by atoms with Crippen molar-refractivity contribution < 1.29 is 9.47 Å². The monoisotopic (exact) mass is 345 g/mol. The van der Waals surface area contributed by atoms with Gasteiger partial charge in [-0.2, -0.15) is 5.26 Å². The fourth-order valence-electron chi connectivity index (χ4n) is 1.45. The molecule has 0 saturated heterocycles. The molecular formula is C14H17BrClNO2. The van der Waals surface area contributed by atoms with Crippen LogP contribution in [0, 0.1) is 16.7 Å². The van der Waals surface area contributed by atoms with E-state index >= 15 is 0 Å². The van der Waals surface area contributed by atoms with E-state index in [0.29, 0.717) is 34.9 Å². The second-order valence-electron chi connectivity index (χ2n) is 4.84. The highest BCUT2D eigenvalue weighted by Crippen LogP contribution is 2.37. The Labute approximate surface area is 127 Å². The fourth-order valence-corrected chi connectivity index (χ4v) is 2.07. The number of hydrogen-bond donors (Lipinski definition) is 0. The molecule has 0 amide bonds. The average molecular weight is 347 g/mol. The Balaban J connectivity index is 2.81. The highest BCUT2D eigenvalue weighted by molar-refractivity contribution is 9.08. The first kappa shape index (κ1) is 16.1. The number of alkyl halides is 1. The van der Waals surface area contributed by atoms with Crippen LogP contribution in [0.5, 0.6) is 11.5 Å². The topological polar surface area (TPSA) is 42.2 Å². The Morgan fingerprint density at radius 2 is 2.11 bits per heavy atom. The molecule has 1 aromatic rings. The van der Waals surface area contributed by atoms with E-state index in [1.54, 1.807) is 7.11 Å². The van der Waals surface area contributed by atoms with E-state index < -0.39 is 5.41 Å². The predicted octanol–water partition coefficient (Wildman–Crippen LogP) is 4.56. The number of halogens is 2. The molecule has 0 fully saturated rings. The van der Waals surface area contributed by atoms with E-state index in [2.05, 4.69) is 22.0 Å². The van der Waals surface area contributed by atoms with Crippen LogP contribution < -0.4 is 9.47 Å². The van der Waals surface area contributed by atoms with Gasteiger partial charge >= 0.3 is 0 Å². The second kappa shape index (κ2) is 7.02. The molecule has 1 aromatic carbocycles. The first-order chi connectivity index (χ1) is 8.93. The van der Waals surface area contributed by atoms with Crippen LogP contribution in [0.15, 0.2) is 12.1 Å². The molecule has 0 saturated carbocycles. The maximum absolute atomic E-state index is 8.95. The van der Waals surface area contributed by atoms with Gasteiger partial charge in [0, 0.05) is 5.33 Å². The van der Waals surface area contributed by atoms with Crippen molar-refractivity contribution in [2.45, 2.75) is 25.6 Å². The molecule has 0 spiro atoms. The van der Waals surface area contributed by atoms with Crippen molar-refractivity contribution >= 4 is 27.5 Å². The van der Waals surface area contributed by atoms with E-state index in [1.807, 2.05) is 26.0 Å². The van der Waals surface area contributed by atoms with Gasteiger partial charge in [-0.15, -0.1) is 0 Å². The van der Waals surface area contributed by atoms with Gasteiger partial charge < -0.3 is 9.47 Å². The van der Waals surface area contributed by atoms with Gasteiger partial charge in [0.2, 0.25) is 0 Å². The largest absolute Gasteiger partial charge is 0.493 e. The highest BCUT2D eigenvalue weighted by atomic mass is 79.9. The Morgan fingerprint density at radius 1 is 1.42 bits per heavy atom. The molecule has 104 valence electrons. The van der Waals surface area contributed by atoms with Crippen LogP contribution in [0.1, 0.15) is 25.8 Å². The molecule has 3 nitrogen and oxygen atoms in total. The van der Waals surface area contributed by atoms with Gasteiger partial charge in [-0.25, -0.2) is 0 Å². The lowest BCUT2D eigenvalue weighted by molar-refractivity contribution is 0.252. The summed E-state index contributed by atoms with van der Waals surface area (Å²) in [5.41, 5.74) is 0.613. The van der Waals surface area contributed by atoms with E-state index in [9.17, 15) is 0 Å². The van der Waals surface area contributed by atoms with Crippen molar-refractivity contribution in [3.8, 4) is 17.6 Å². The van der Waals surface area contributed by atoms with Gasteiger partial charge in [0.1, 0.15) is 0 Å². The number of nitrogens with zero attached hydrogens (tertiary/aromatic N) is 1. The predicted molar refractivity (Wildman–Crippen MR) is 80.1 cm³/mol. The zero-order valence-corrected chi connectivity index (χ0v) is 13.6. The van der Waals surface area contributed by atoms with Gasteiger partial charge in [0.15, 0.2) is 11.5 Å². The molecule has 5 heteroatoms. The molecule has 0 aliphatic rings. The van der Waals surface area contributed by atoms with Crippen LogP contribution in [-0.2, 0) is 5.33 Å². The zero-order chi connectivity index (χ0) is 14.5. The number of benzene rings is 1. The normalized spacial score (nSPS) is 10.9. The minimum Gasteiger partial charge on any atom is -0.493 e. The van der Waals surface area contributed by atoms with Crippen molar-refractivity contribution in [3.05, 3.63) is 22.7 Å². The van der Waals surface area contributed by atoms with Gasteiger partial charge in [-0.3, -0.25) is 0 Å². The molecule has 0 aliphatic carbocycles. The van der Waals surface area contributed by atoms with Crippen molar-refractivity contribution in [2.24, 2.45) is 5.41 Å². The maximum atomic E-state index is 8.95. The fraction of sp³-hybridized carbons (Fsp3) is 0.500. The summed E-state index contributed by atoms with van der Waals surface area (Å²) in [6, 6.07) is 5.96. The summed E-state index contributed by atoms with van der Waals surface area (Å²) in [4.78, 5) is 0. The van der Waals surface area contributed by atoms with Crippen LogP contribution in [0.2, 0.25) is 5.02 Å². The molecule has 1 rings (SSSR count). The van der Waals surface area contributed by atoms with E-state index in [4.69, 9.17) is 26.3 Å². The van der Waals surface area contributed by atoms with E-state index in [-0.39, 0.29) is 0 Å². The summed E-state index contributed by atoms with van der Waals surface area (Å²) in [6.07, 6.45) is 0.628. The minimum atomic E-state index is -0.407. The molecule has 0 heterocycles. The lowest BCUT2D eigenvalue weighted by atomic mass is 9.92. The first-order valence-electron chi connectivity index (χ1n) is 5.90. The number of nitriles is 1. The Hall–Kier alpha value is -0.920. The van der Waals surface area contributed by atoms with Crippen LogP contribution in [-0.4, -0.2) is 13.7 Å². The molecule has 0 radical (unpaired) electrons. The third-order valence-corrected chi connectivity index (χ3v) is 3.65. The summed E-state index contributed by atoms with van der Waals surface area (Å²) in [5, 5.41) is 10.2. The van der Waals surface area contributed by atoms with Crippen LogP contribution in [0.4, 0.5) is 0 Å². The molecule has 0 aromatic heterocycles. The third kappa shape index (κ3) is 4.59. The van der Waals surface area contributed by atoms with Crippen molar-refractivity contribution in [1.29, 1.82) is 5.26 Å². The third-order valence-electron chi connectivity index (χ3n) is 2.72. The van der Waals surface area contributed by atoms with E-state index in [0.717, 1.165) is 5.56 Å². The summed E-state index contributed by atoms with van der Waals surface area (Å²) in [5.74, 6) is 1.14. The summed E-state index contributed by atoms with van der Waals surface area (Å²) < 4.78 is 11.0. The van der Waals surface area contributed by atoms with Crippen molar-refractivity contribution in [2.75, 3.05) is 13.7 Å². The van der Waals surface area contributed by atoms with Crippen molar-refractivity contribution in [3.63, 3.8) is 0 Å². The Morgan fingerprint density at radius 3 is 2.63 bits per heavy atom. The average Bonchev–Trinajstić information content (AvgIpc) is 2.39. The Kier molecular flexibility index (Phi) is 5.96. The molecule has 19 heavy (non-hydrogen) atoms. The quantitative estimate of drug-likeness (QED) is 0.709. The molecule has 0 bridgehead atoms. The number of hydrogen-bond acceptors (Lipinski definition) is 3. The van der Waals surface area contributed by atoms with Gasteiger partial charge in [0.05, 0.1) is 30.2 Å². The number of methoxy groups -OCH3 is 1. The molecule has 0 atom stereocenters. The second-order valence-corrected chi connectivity index (χ2v) is 5.80. The standard InChI is InChI=1S/C14H17BrClNO2/c1-14(2,9-17)4-5-19-13-11(16)6-10(8-15)7-12(13)18-3/h6-7H,4-5,8H2,1-3H3. The first-order valence-corrected chi connectivity index (χ1v) is 7.40. The molecule has 0 aliphatic heterocycles. The van der Waals surface area contributed by atoms with Gasteiger partial charge in [0.25, 0.3) is 0 Å². The molecular weight excluding hydrogens is 330 g/mol. The zero-order valence-electron chi connectivity index (χ0n) is 11.3. The SMILES string of the molecule is COc1cc(CBr)cc(Cl)c1OCCC(C)(C)C#N. The Bertz CT molecular complexity index is 483. The van der Waals surface area contributed by atoms with Gasteiger partial charge in [-0.05, 0) is 38.0 Å². The summed E-state index contributed by atoms with van der Waals surface area (Å²) >= 11 is 9.56. The number of ether oxygens (including phenoxy) is 2. The lowest BCUT2D eigenvalue weighted by Gasteiger charge is -2.17. The minimum absolute atomic E-state index is 0.407. The molecule has 0 N–H and O–H groups in total. The smallest absolute Gasteiger partial charge is 0.179 e.